The van der Waals surface area contributed by atoms with Gasteiger partial charge in [0.25, 0.3) is 0 Å². The van der Waals surface area contributed by atoms with Crippen molar-refractivity contribution in [3.63, 3.8) is 0 Å². The Morgan fingerprint density at radius 1 is 1.15 bits per heavy atom. The number of fused-ring (bicyclic) bond motifs is 1. The van der Waals surface area contributed by atoms with Crippen LogP contribution in [0.3, 0.4) is 0 Å². The van der Waals surface area contributed by atoms with E-state index in [2.05, 4.69) is 0 Å². The summed E-state index contributed by atoms with van der Waals surface area (Å²) in [5.41, 5.74) is 2.70. The van der Waals surface area contributed by atoms with Crippen LogP contribution in [0.15, 0.2) is 47.4 Å². The molecule has 4 nitrogen and oxygen atoms in total. The van der Waals surface area contributed by atoms with Crippen LogP contribution in [0.5, 0.6) is 5.75 Å². The van der Waals surface area contributed by atoms with Crippen molar-refractivity contribution in [3.05, 3.63) is 69.9 Å². The number of rotatable bonds is 6. The Balaban J connectivity index is 1.87. The quantitative estimate of drug-likeness (QED) is 0.767. The number of hydrogen-bond donors (Lipinski definition) is 0. The molecule has 0 aliphatic heterocycles. The predicted octanol–water partition coefficient (Wildman–Crippen LogP) is 3.97. The molecule has 0 amide bonds. The molecule has 0 fully saturated rings. The Labute approximate surface area is 154 Å². The summed E-state index contributed by atoms with van der Waals surface area (Å²) in [5.74, 6) is -0.351. The van der Waals surface area contributed by atoms with Crippen molar-refractivity contribution in [2.45, 2.75) is 26.3 Å². The minimum atomic E-state index is -3.60. The number of allylic oxidation sites excluding steroid dienone is 1. The molecule has 0 N–H and O–H groups in total. The third-order valence-electron chi connectivity index (χ3n) is 4.61. The first-order valence-corrected chi connectivity index (χ1v) is 10.0. The second-order valence-electron chi connectivity index (χ2n) is 6.21. The van der Waals surface area contributed by atoms with Gasteiger partial charge in [0.2, 0.25) is 10.0 Å². The van der Waals surface area contributed by atoms with Crippen molar-refractivity contribution in [2.75, 3.05) is 13.7 Å². The molecular weight excluding hydrogens is 353 g/mol. The second-order valence-corrected chi connectivity index (χ2v) is 8.20. The summed E-state index contributed by atoms with van der Waals surface area (Å²) < 4.78 is 46.4. The zero-order valence-corrected chi connectivity index (χ0v) is 15.7. The Morgan fingerprint density at radius 2 is 1.92 bits per heavy atom. The van der Waals surface area contributed by atoms with E-state index in [0.29, 0.717) is 29.9 Å². The fourth-order valence-electron chi connectivity index (χ4n) is 3.15. The summed E-state index contributed by atoms with van der Waals surface area (Å²) >= 11 is 0. The summed E-state index contributed by atoms with van der Waals surface area (Å²) in [6.45, 7) is 2.22. The zero-order chi connectivity index (χ0) is 18.7. The molecule has 0 atom stereocenters. The van der Waals surface area contributed by atoms with Gasteiger partial charge in [0.05, 0.1) is 12.0 Å². The standard InChI is InChI=1S/C20H22FNO3S/c1-3-22(14-15-8-11-20(25-2)19(21)12-15)26(23,24)18-10-9-16-6-4-5-7-17(16)13-18/h4-8,11-13H,3,9-10,14H2,1-2H3. The van der Waals surface area contributed by atoms with Crippen LogP contribution >= 0.6 is 0 Å². The topological polar surface area (TPSA) is 46.6 Å². The van der Waals surface area contributed by atoms with Crippen LogP contribution in [-0.2, 0) is 23.0 Å². The van der Waals surface area contributed by atoms with Crippen molar-refractivity contribution < 1.29 is 17.5 Å². The monoisotopic (exact) mass is 375 g/mol. The van der Waals surface area contributed by atoms with Gasteiger partial charge in [-0.15, -0.1) is 0 Å². The molecule has 26 heavy (non-hydrogen) atoms. The van der Waals surface area contributed by atoms with E-state index in [1.54, 1.807) is 19.1 Å². The van der Waals surface area contributed by atoms with Crippen molar-refractivity contribution in [2.24, 2.45) is 0 Å². The Morgan fingerprint density at radius 3 is 2.62 bits per heavy atom. The summed E-state index contributed by atoms with van der Waals surface area (Å²) in [7, 11) is -2.21. The molecule has 0 saturated carbocycles. The number of hydrogen-bond acceptors (Lipinski definition) is 3. The van der Waals surface area contributed by atoms with Gasteiger partial charge in [-0.05, 0) is 47.7 Å². The molecule has 0 heterocycles. The first-order chi connectivity index (χ1) is 12.5. The lowest BCUT2D eigenvalue weighted by atomic mass is 9.98. The van der Waals surface area contributed by atoms with Crippen LogP contribution in [0.2, 0.25) is 0 Å². The minimum absolute atomic E-state index is 0.124. The van der Waals surface area contributed by atoms with Gasteiger partial charge in [0.15, 0.2) is 11.6 Å². The molecule has 0 radical (unpaired) electrons. The lowest BCUT2D eigenvalue weighted by molar-refractivity contribution is 0.384. The molecular formula is C20H22FNO3S. The van der Waals surface area contributed by atoms with E-state index in [0.717, 1.165) is 11.1 Å². The van der Waals surface area contributed by atoms with E-state index in [1.807, 2.05) is 24.3 Å². The highest BCUT2D eigenvalue weighted by Crippen LogP contribution is 2.30. The fourth-order valence-corrected chi connectivity index (χ4v) is 4.78. The van der Waals surface area contributed by atoms with E-state index in [9.17, 15) is 12.8 Å². The third kappa shape index (κ3) is 3.66. The first kappa shape index (κ1) is 18.6. The number of aryl methyl sites for hydroxylation is 1. The van der Waals surface area contributed by atoms with Crippen molar-refractivity contribution >= 4 is 16.1 Å². The Kier molecular flexibility index (Phi) is 5.44. The zero-order valence-electron chi connectivity index (χ0n) is 14.9. The fraction of sp³-hybridized carbons (Fsp3) is 0.300. The van der Waals surface area contributed by atoms with Crippen molar-refractivity contribution in [1.29, 1.82) is 0 Å². The van der Waals surface area contributed by atoms with Gasteiger partial charge in [-0.25, -0.2) is 12.8 Å². The molecule has 0 bridgehead atoms. The van der Waals surface area contributed by atoms with Crippen molar-refractivity contribution in [3.8, 4) is 5.75 Å². The highest BCUT2D eigenvalue weighted by atomic mass is 32.2. The van der Waals surface area contributed by atoms with E-state index < -0.39 is 15.8 Å². The number of halogens is 1. The molecule has 2 aromatic carbocycles. The van der Waals surface area contributed by atoms with Gasteiger partial charge >= 0.3 is 0 Å². The molecule has 6 heteroatoms. The maximum absolute atomic E-state index is 13.9. The summed E-state index contributed by atoms with van der Waals surface area (Å²) in [6, 6.07) is 12.3. The van der Waals surface area contributed by atoms with Crippen molar-refractivity contribution in [1.82, 2.24) is 4.31 Å². The van der Waals surface area contributed by atoms with Crippen LogP contribution in [0.25, 0.3) is 6.08 Å². The van der Waals surface area contributed by atoms with E-state index >= 15 is 0 Å². The van der Waals surface area contributed by atoms with Gasteiger partial charge < -0.3 is 4.74 Å². The molecule has 1 aliphatic carbocycles. The number of benzene rings is 2. The van der Waals surface area contributed by atoms with Crippen LogP contribution < -0.4 is 4.74 Å². The lowest BCUT2D eigenvalue weighted by Crippen LogP contribution is -2.32. The third-order valence-corrected chi connectivity index (χ3v) is 6.66. The predicted molar refractivity (Wildman–Crippen MR) is 101 cm³/mol. The average molecular weight is 375 g/mol. The molecule has 1 aliphatic rings. The summed E-state index contributed by atoms with van der Waals surface area (Å²) in [6.07, 6.45) is 2.94. The minimum Gasteiger partial charge on any atom is -0.494 e. The molecule has 0 aromatic heterocycles. The van der Waals surface area contributed by atoms with E-state index in [1.165, 1.54) is 23.5 Å². The number of sulfonamides is 1. The van der Waals surface area contributed by atoms with Crippen LogP contribution in [0.4, 0.5) is 4.39 Å². The molecule has 3 rings (SSSR count). The maximum Gasteiger partial charge on any atom is 0.239 e. The number of methoxy groups -OCH3 is 1. The second kappa shape index (κ2) is 7.60. The Bertz CT molecular complexity index is 938. The smallest absolute Gasteiger partial charge is 0.239 e. The molecule has 138 valence electrons. The van der Waals surface area contributed by atoms with Crippen LogP contribution in [0.1, 0.15) is 30.0 Å². The molecule has 2 aromatic rings. The molecule has 0 spiro atoms. The van der Waals surface area contributed by atoms with Gasteiger partial charge in [-0.2, -0.15) is 4.31 Å². The Hall–Kier alpha value is -2.18. The summed E-state index contributed by atoms with van der Waals surface area (Å²) in [5, 5.41) is 0. The van der Waals surface area contributed by atoms with Gasteiger partial charge in [-0.1, -0.05) is 37.3 Å². The summed E-state index contributed by atoms with van der Waals surface area (Å²) in [4.78, 5) is 0.409. The van der Waals surface area contributed by atoms with Gasteiger partial charge in [0.1, 0.15) is 0 Å². The van der Waals surface area contributed by atoms with Gasteiger partial charge in [-0.3, -0.25) is 0 Å². The normalized spacial score (nSPS) is 14.1. The molecule has 0 saturated heterocycles. The van der Waals surface area contributed by atoms with Crippen LogP contribution in [0, 0.1) is 5.82 Å². The lowest BCUT2D eigenvalue weighted by Gasteiger charge is -2.24. The number of nitrogens with zero attached hydrogens (tertiary/aromatic N) is 1. The van der Waals surface area contributed by atoms with E-state index in [-0.39, 0.29) is 12.3 Å². The first-order valence-electron chi connectivity index (χ1n) is 8.56. The highest BCUT2D eigenvalue weighted by molar-refractivity contribution is 7.93. The average Bonchev–Trinajstić information content (AvgIpc) is 2.65. The number of ether oxygens (including phenoxy) is 1. The largest absolute Gasteiger partial charge is 0.494 e. The molecule has 0 unspecified atom stereocenters. The highest BCUT2D eigenvalue weighted by Gasteiger charge is 2.28. The SMILES string of the molecule is CCN(Cc1ccc(OC)c(F)c1)S(=O)(=O)C1=Cc2ccccc2CC1. The van der Waals surface area contributed by atoms with Gasteiger partial charge in [0, 0.05) is 13.1 Å². The van der Waals surface area contributed by atoms with Crippen LogP contribution in [-0.4, -0.2) is 26.4 Å². The van der Waals surface area contributed by atoms with E-state index in [4.69, 9.17) is 4.74 Å². The maximum atomic E-state index is 13.9.